The highest BCUT2D eigenvalue weighted by molar-refractivity contribution is 5.91. The van der Waals surface area contributed by atoms with Crippen LogP contribution in [0.4, 0.5) is 0 Å². The summed E-state index contributed by atoms with van der Waals surface area (Å²) in [4.78, 5) is 0. The highest BCUT2D eigenvalue weighted by Crippen LogP contribution is 2.21. The minimum Gasteiger partial charge on any atom is -0.225 e. The lowest BCUT2D eigenvalue weighted by atomic mass is 10.0. The third-order valence-electron chi connectivity index (χ3n) is 3.33. The van der Waals surface area contributed by atoms with Crippen molar-refractivity contribution >= 4 is 16.8 Å². The van der Waals surface area contributed by atoms with Crippen molar-refractivity contribution in [1.82, 2.24) is 20.2 Å². The zero-order valence-corrected chi connectivity index (χ0v) is 11.6. The average Bonchev–Trinajstić information content (AvgIpc) is 2.92. The van der Waals surface area contributed by atoms with Crippen LogP contribution >= 0.6 is 0 Å². The third-order valence-corrected chi connectivity index (χ3v) is 3.33. The Kier molecular flexibility index (Phi) is 3.44. The normalized spacial score (nSPS) is 11.5. The van der Waals surface area contributed by atoms with Crippen molar-refractivity contribution in [2.45, 2.75) is 13.5 Å². The largest absolute Gasteiger partial charge is 0.225 e. The maximum atomic E-state index is 9.35. The van der Waals surface area contributed by atoms with Crippen LogP contribution in [-0.2, 0) is 6.54 Å². The van der Waals surface area contributed by atoms with Gasteiger partial charge in [0.05, 0.1) is 18.2 Å². The van der Waals surface area contributed by atoms with Crippen molar-refractivity contribution in [3.05, 3.63) is 59.4 Å². The monoisotopic (exact) mass is 275 g/mol. The molecule has 1 aromatic heterocycles. The number of nitriles is 1. The van der Waals surface area contributed by atoms with Gasteiger partial charge in [-0.05, 0) is 39.8 Å². The van der Waals surface area contributed by atoms with E-state index in [9.17, 15) is 5.26 Å². The van der Waals surface area contributed by atoms with Gasteiger partial charge in [-0.15, -0.1) is 5.10 Å². The summed E-state index contributed by atoms with van der Waals surface area (Å²) in [5.74, 6) is 0.689. The molecule has 5 nitrogen and oxygen atoms in total. The van der Waals surface area contributed by atoms with Gasteiger partial charge in [-0.25, -0.2) is 4.68 Å². The number of hydrogen-bond acceptors (Lipinski definition) is 4. The molecule has 0 N–H and O–H groups in total. The first-order valence-corrected chi connectivity index (χ1v) is 6.59. The molecule has 0 spiro atoms. The Hall–Kier alpha value is -3.00. The Morgan fingerprint density at radius 1 is 1.24 bits per heavy atom. The summed E-state index contributed by atoms with van der Waals surface area (Å²) in [7, 11) is 0. The topological polar surface area (TPSA) is 67.4 Å². The van der Waals surface area contributed by atoms with E-state index in [2.05, 4.69) is 39.8 Å². The zero-order valence-electron chi connectivity index (χ0n) is 11.6. The van der Waals surface area contributed by atoms with Crippen LogP contribution in [0.2, 0.25) is 0 Å². The molecule has 102 valence electrons. The van der Waals surface area contributed by atoms with Crippen LogP contribution < -0.4 is 0 Å². The fraction of sp³-hybridized carbons (Fsp3) is 0.125. The fourth-order valence-corrected chi connectivity index (χ4v) is 2.23. The average molecular weight is 275 g/mol. The second-order valence-electron chi connectivity index (χ2n) is 4.73. The van der Waals surface area contributed by atoms with E-state index < -0.39 is 0 Å². The van der Waals surface area contributed by atoms with E-state index in [0.29, 0.717) is 17.9 Å². The summed E-state index contributed by atoms with van der Waals surface area (Å²) in [6, 6.07) is 16.4. The number of fused-ring (bicyclic) bond motifs is 1. The number of rotatable bonds is 3. The molecule has 0 amide bonds. The van der Waals surface area contributed by atoms with Gasteiger partial charge in [-0.2, -0.15) is 5.26 Å². The summed E-state index contributed by atoms with van der Waals surface area (Å²) in [6.45, 7) is 2.19. The lowest BCUT2D eigenvalue weighted by Gasteiger charge is -2.04. The molecule has 0 atom stereocenters. The van der Waals surface area contributed by atoms with Crippen LogP contribution in [0.25, 0.3) is 16.8 Å². The van der Waals surface area contributed by atoms with E-state index in [1.807, 2.05) is 37.3 Å². The van der Waals surface area contributed by atoms with Crippen LogP contribution in [-0.4, -0.2) is 20.2 Å². The van der Waals surface area contributed by atoms with Crippen LogP contribution in [0, 0.1) is 18.3 Å². The quantitative estimate of drug-likeness (QED) is 0.689. The predicted octanol–water partition coefficient (Wildman–Crippen LogP) is 2.74. The molecular weight excluding hydrogens is 262 g/mol. The number of nitrogens with zero attached hydrogens (tertiary/aromatic N) is 5. The molecule has 0 bridgehead atoms. The molecule has 0 aliphatic rings. The van der Waals surface area contributed by atoms with E-state index in [-0.39, 0.29) is 0 Å². The Labute approximate surface area is 122 Å². The Morgan fingerprint density at radius 2 is 2.05 bits per heavy atom. The summed E-state index contributed by atoms with van der Waals surface area (Å²) in [5.41, 5.74) is 1.64. The van der Waals surface area contributed by atoms with Gasteiger partial charge in [0, 0.05) is 0 Å². The summed E-state index contributed by atoms with van der Waals surface area (Å²) >= 11 is 0. The van der Waals surface area contributed by atoms with E-state index in [0.717, 1.165) is 16.3 Å². The minimum atomic E-state index is 0.374. The van der Waals surface area contributed by atoms with E-state index >= 15 is 0 Å². The molecular formula is C16H13N5. The minimum absolute atomic E-state index is 0.374. The molecule has 3 rings (SSSR count). The van der Waals surface area contributed by atoms with Crippen molar-refractivity contribution in [2.75, 3.05) is 0 Å². The lowest BCUT2D eigenvalue weighted by Crippen LogP contribution is -2.04. The molecule has 0 saturated carbocycles. The van der Waals surface area contributed by atoms with Gasteiger partial charge in [-0.1, -0.05) is 42.5 Å². The molecule has 0 saturated heterocycles. The number of tetrazole rings is 1. The molecule has 0 radical (unpaired) electrons. The molecule has 0 fully saturated rings. The number of aryl methyl sites for hydroxylation is 1. The van der Waals surface area contributed by atoms with Gasteiger partial charge in [0.15, 0.2) is 0 Å². The van der Waals surface area contributed by atoms with Crippen molar-refractivity contribution < 1.29 is 0 Å². The van der Waals surface area contributed by atoms with Crippen LogP contribution in [0.15, 0.2) is 48.0 Å². The molecule has 5 heteroatoms. The number of aromatic nitrogens is 4. The first kappa shape index (κ1) is 13.0. The van der Waals surface area contributed by atoms with Crippen molar-refractivity contribution in [1.29, 1.82) is 5.26 Å². The lowest BCUT2D eigenvalue weighted by molar-refractivity contribution is 0.635. The first-order chi connectivity index (χ1) is 10.3. The molecule has 2 aromatic carbocycles. The van der Waals surface area contributed by atoms with Gasteiger partial charge in [-0.3, -0.25) is 0 Å². The number of allylic oxidation sites excluding steroid dienone is 1. The standard InChI is InChI=1S/C16H13N5/c1-12-18-19-20-21(12)11-13(10-17)9-15-7-4-6-14-5-2-3-8-16(14)15/h2-9H,11H2,1H3/b13-9+. The highest BCUT2D eigenvalue weighted by atomic mass is 15.5. The van der Waals surface area contributed by atoms with Gasteiger partial charge in [0.1, 0.15) is 5.82 Å². The van der Waals surface area contributed by atoms with E-state index in [4.69, 9.17) is 0 Å². The SMILES string of the molecule is Cc1nnnn1C/C(C#N)=C/c1cccc2ccccc12. The van der Waals surface area contributed by atoms with Gasteiger partial charge >= 0.3 is 0 Å². The Bertz CT molecular complexity index is 849. The predicted molar refractivity (Wildman–Crippen MR) is 80.1 cm³/mol. The maximum absolute atomic E-state index is 9.35. The fourth-order valence-electron chi connectivity index (χ4n) is 2.23. The van der Waals surface area contributed by atoms with Crippen molar-refractivity contribution in [3.8, 4) is 6.07 Å². The van der Waals surface area contributed by atoms with Gasteiger partial charge < -0.3 is 0 Å². The maximum Gasteiger partial charge on any atom is 0.148 e. The molecule has 21 heavy (non-hydrogen) atoms. The molecule has 1 heterocycles. The van der Waals surface area contributed by atoms with Crippen LogP contribution in [0.5, 0.6) is 0 Å². The van der Waals surface area contributed by atoms with Crippen LogP contribution in [0.3, 0.4) is 0 Å². The molecule has 0 aliphatic heterocycles. The smallest absolute Gasteiger partial charge is 0.148 e. The van der Waals surface area contributed by atoms with E-state index in [1.165, 1.54) is 0 Å². The summed E-state index contributed by atoms with van der Waals surface area (Å²) in [5, 5.41) is 22.9. The van der Waals surface area contributed by atoms with Crippen molar-refractivity contribution in [2.24, 2.45) is 0 Å². The zero-order chi connectivity index (χ0) is 14.7. The number of hydrogen-bond donors (Lipinski definition) is 0. The van der Waals surface area contributed by atoms with Crippen molar-refractivity contribution in [3.63, 3.8) is 0 Å². The van der Waals surface area contributed by atoms with Gasteiger partial charge in [0.25, 0.3) is 0 Å². The number of benzene rings is 2. The summed E-state index contributed by atoms with van der Waals surface area (Å²) in [6.07, 6.45) is 1.89. The summed E-state index contributed by atoms with van der Waals surface area (Å²) < 4.78 is 1.61. The molecule has 0 aliphatic carbocycles. The van der Waals surface area contributed by atoms with Crippen LogP contribution in [0.1, 0.15) is 11.4 Å². The second-order valence-corrected chi connectivity index (χ2v) is 4.73. The molecule has 0 unspecified atom stereocenters. The first-order valence-electron chi connectivity index (χ1n) is 6.59. The van der Waals surface area contributed by atoms with E-state index in [1.54, 1.807) is 4.68 Å². The highest BCUT2D eigenvalue weighted by Gasteiger charge is 2.05. The van der Waals surface area contributed by atoms with Gasteiger partial charge in [0.2, 0.25) is 0 Å². The second kappa shape index (κ2) is 5.55. The Balaban J connectivity index is 2.02. The third kappa shape index (κ3) is 2.65. The molecule has 3 aromatic rings. The Morgan fingerprint density at radius 3 is 2.81 bits per heavy atom.